The molecule has 0 amide bonds. The van der Waals surface area contributed by atoms with Crippen LogP contribution in [0.25, 0.3) is 5.95 Å². The molecule has 0 bridgehead atoms. The van der Waals surface area contributed by atoms with E-state index in [0.717, 1.165) is 0 Å². The summed E-state index contributed by atoms with van der Waals surface area (Å²) in [5.74, 6) is 0.522. The van der Waals surface area contributed by atoms with Gasteiger partial charge in [0.1, 0.15) is 0 Å². The zero-order chi connectivity index (χ0) is 8.39. The van der Waals surface area contributed by atoms with Crippen LogP contribution in [0.1, 0.15) is 0 Å². The molecule has 0 aliphatic carbocycles. The fraction of sp³-hybridized carbons (Fsp3) is 0. The second-order valence-electron chi connectivity index (χ2n) is 2.27. The second-order valence-corrected chi connectivity index (χ2v) is 2.27. The van der Waals surface area contributed by atoms with Crippen molar-refractivity contribution in [2.75, 3.05) is 5.73 Å². The largest absolute Gasteiger partial charge is 0.396 e. The van der Waals surface area contributed by atoms with Gasteiger partial charge in [0.15, 0.2) is 0 Å². The minimum Gasteiger partial charge on any atom is -0.396 e. The molecule has 0 spiro atoms. The summed E-state index contributed by atoms with van der Waals surface area (Å²) >= 11 is 0. The van der Waals surface area contributed by atoms with E-state index in [1.54, 1.807) is 35.5 Å². The first-order chi connectivity index (χ1) is 5.86. The quantitative estimate of drug-likeness (QED) is 0.650. The molecule has 0 saturated heterocycles. The van der Waals surface area contributed by atoms with Gasteiger partial charge in [0, 0.05) is 12.4 Å². The highest BCUT2D eigenvalue weighted by atomic mass is 15.3. The monoisotopic (exact) mass is 161 g/mol. The highest BCUT2D eigenvalue weighted by Gasteiger charge is 1.96. The Balaban J connectivity index is 2.43. The van der Waals surface area contributed by atoms with Gasteiger partial charge >= 0.3 is 0 Å². The lowest BCUT2D eigenvalue weighted by Gasteiger charge is -1.97. The Morgan fingerprint density at radius 3 is 2.58 bits per heavy atom. The van der Waals surface area contributed by atoms with Gasteiger partial charge in [-0.05, 0) is 6.07 Å². The molecule has 0 atom stereocenters. The number of hydrogen-bond acceptors (Lipinski definition) is 4. The second kappa shape index (κ2) is 2.61. The third-order valence-corrected chi connectivity index (χ3v) is 1.37. The van der Waals surface area contributed by atoms with Gasteiger partial charge in [0.25, 0.3) is 5.95 Å². The van der Waals surface area contributed by atoms with Crippen molar-refractivity contribution >= 4 is 5.69 Å². The lowest BCUT2D eigenvalue weighted by atomic mass is 10.6. The van der Waals surface area contributed by atoms with E-state index in [1.165, 1.54) is 0 Å². The Bertz CT molecular complexity index is 350. The summed E-state index contributed by atoms with van der Waals surface area (Å²) in [5, 5.41) is 3.97. The van der Waals surface area contributed by atoms with E-state index in [2.05, 4.69) is 15.1 Å². The van der Waals surface area contributed by atoms with Gasteiger partial charge < -0.3 is 5.73 Å². The van der Waals surface area contributed by atoms with Crippen LogP contribution in [0.2, 0.25) is 0 Å². The summed E-state index contributed by atoms with van der Waals surface area (Å²) in [6.07, 6.45) is 6.53. The summed E-state index contributed by atoms with van der Waals surface area (Å²) in [4.78, 5) is 7.97. The van der Waals surface area contributed by atoms with E-state index in [9.17, 15) is 0 Å². The maximum Gasteiger partial charge on any atom is 0.250 e. The predicted molar refractivity (Wildman–Crippen MR) is 43.6 cm³/mol. The van der Waals surface area contributed by atoms with Crippen molar-refractivity contribution in [1.82, 2.24) is 19.7 Å². The van der Waals surface area contributed by atoms with Crippen LogP contribution in [0.15, 0.2) is 30.9 Å². The number of hydrogen-bond donors (Lipinski definition) is 1. The van der Waals surface area contributed by atoms with E-state index in [0.29, 0.717) is 11.6 Å². The molecule has 2 heterocycles. The van der Waals surface area contributed by atoms with Gasteiger partial charge in [-0.1, -0.05) is 0 Å². The van der Waals surface area contributed by atoms with Gasteiger partial charge in [0.2, 0.25) is 0 Å². The fourth-order valence-electron chi connectivity index (χ4n) is 0.837. The molecule has 5 heteroatoms. The lowest BCUT2D eigenvalue weighted by Crippen LogP contribution is -2.01. The van der Waals surface area contributed by atoms with E-state index in [-0.39, 0.29) is 0 Å². The first-order valence-corrected chi connectivity index (χ1v) is 3.44. The summed E-state index contributed by atoms with van der Waals surface area (Å²) in [6.45, 7) is 0. The average molecular weight is 161 g/mol. The normalized spacial score (nSPS) is 10.0. The summed E-state index contributed by atoms with van der Waals surface area (Å²) in [6, 6.07) is 1.81. The molecule has 2 aromatic heterocycles. The van der Waals surface area contributed by atoms with E-state index in [1.807, 2.05) is 0 Å². The van der Waals surface area contributed by atoms with Crippen molar-refractivity contribution < 1.29 is 0 Å². The topological polar surface area (TPSA) is 69.6 Å². The number of rotatable bonds is 1. The zero-order valence-electron chi connectivity index (χ0n) is 6.25. The molecule has 2 aromatic rings. The van der Waals surface area contributed by atoms with Crippen LogP contribution in [-0.2, 0) is 0 Å². The summed E-state index contributed by atoms with van der Waals surface area (Å²) in [7, 11) is 0. The Morgan fingerprint density at radius 1 is 1.25 bits per heavy atom. The molecule has 0 aliphatic rings. The molecule has 5 nitrogen and oxygen atoms in total. The van der Waals surface area contributed by atoms with Crippen LogP contribution in [0.4, 0.5) is 5.69 Å². The third kappa shape index (κ3) is 1.12. The summed E-state index contributed by atoms with van der Waals surface area (Å²) < 4.78 is 1.57. The van der Waals surface area contributed by atoms with Gasteiger partial charge in [-0.3, -0.25) is 0 Å². The number of aromatic nitrogens is 4. The van der Waals surface area contributed by atoms with Crippen molar-refractivity contribution in [3.05, 3.63) is 30.9 Å². The molecular formula is C7H7N5. The lowest BCUT2D eigenvalue weighted by molar-refractivity contribution is 0.809. The van der Waals surface area contributed by atoms with Crippen molar-refractivity contribution in [2.45, 2.75) is 0 Å². The Kier molecular flexibility index (Phi) is 1.48. The van der Waals surface area contributed by atoms with Crippen molar-refractivity contribution in [2.24, 2.45) is 0 Å². The van der Waals surface area contributed by atoms with Crippen molar-refractivity contribution in [1.29, 1.82) is 0 Å². The van der Waals surface area contributed by atoms with Gasteiger partial charge in [0.05, 0.1) is 18.1 Å². The minimum atomic E-state index is 0.522. The SMILES string of the molecule is Nc1cnc(-n2cccn2)nc1. The first-order valence-electron chi connectivity index (χ1n) is 3.44. The molecule has 0 fully saturated rings. The van der Waals surface area contributed by atoms with Gasteiger partial charge in [-0.25, -0.2) is 14.6 Å². The Labute approximate surface area is 68.9 Å². The zero-order valence-corrected chi connectivity index (χ0v) is 6.25. The molecule has 0 radical (unpaired) electrons. The molecule has 60 valence electrons. The van der Waals surface area contributed by atoms with E-state index < -0.39 is 0 Å². The molecule has 0 unspecified atom stereocenters. The number of nitrogens with zero attached hydrogens (tertiary/aromatic N) is 4. The van der Waals surface area contributed by atoms with Crippen LogP contribution >= 0.6 is 0 Å². The molecular weight excluding hydrogens is 154 g/mol. The molecule has 12 heavy (non-hydrogen) atoms. The molecule has 2 rings (SSSR count). The highest BCUT2D eigenvalue weighted by Crippen LogP contribution is 1.99. The van der Waals surface area contributed by atoms with Crippen LogP contribution in [0, 0.1) is 0 Å². The minimum absolute atomic E-state index is 0.522. The Morgan fingerprint density at radius 2 is 2.00 bits per heavy atom. The maximum absolute atomic E-state index is 5.43. The fourth-order valence-corrected chi connectivity index (χ4v) is 0.837. The Hall–Kier alpha value is -1.91. The van der Waals surface area contributed by atoms with Gasteiger partial charge in [-0.15, -0.1) is 0 Å². The first kappa shape index (κ1) is 6.78. The third-order valence-electron chi connectivity index (χ3n) is 1.37. The predicted octanol–water partition coefficient (Wildman–Crippen LogP) is 0.245. The smallest absolute Gasteiger partial charge is 0.250 e. The standard InChI is InChI=1S/C7H7N5/c8-6-4-9-7(10-5-6)12-3-1-2-11-12/h1-5H,8H2. The van der Waals surface area contributed by atoms with E-state index in [4.69, 9.17) is 5.73 Å². The van der Waals surface area contributed by atoms with Crippen LogP contribution in [0.5, 0.6) is 0 Å². The van der Waals surface area contributed by atoms with Crippen LogP contribution in [-0.4, -0.2) is 19.7 Å². The van der Waals surface area contributed by atoms with Crippen LogP contribution < -0.4 is 5.73 Å². The molecule has 0 aromatic carbocycles. The molecule has 0 aliphatic heterocycles. The van der Waals surface area contributed by atoms with Crippen molar-refractivity contribution in [3.8, 4) is 5.95 Å². The van der Waals surface area contributed by atoms with Crippen molar-refractivity contribution in [3.63, 3.8) is 0 Å². The number of nitrogen functional groups attached to an aromatic ring is 1. The maximum atomic E-state index is 5.43. The highest BCUT2D eigenvalue weighted by molar-refractivity contribution is 5.32. The van der Waals surface area contributed by atoms with Crippen LogP contribution in [0.3, 0.4) is 0 Å². The average Bonchev–Trinajstić information content (AvgIpc) is 2.58. The van der Waals surface area contributed by atoms with Gasteiger partial charge in [-0.2, -0.15) is 5.10 Å². The molecule has 0 saturated carbocycles. The number of nitrogens with two attached hydrogens (primary N) is 1. The van der Waals surface area contributed by atoms with E-state index >= 15 is 0 Å². The number of anilines is 1. The molecule has 2 N–H and O–H groups in total. The summed E-state index contributed by atoms with van der Waals surface area (Å²) in [5.41, 5.74) is 5.97.